The first-order valence-electron chi connectivity index (χ1n) is 13.0. The number of piperidine rings is 1. The van der Waals surface area contributed by atoms with Crippen molar-refractivity contribution >= 4 is 17.9 Å². The van der Waals surface area contributed by atoms with Gasteiger partial charge in [0.25, 0.3) is 5.91 Å². The van der Waals surface area contributed by atoms with E-state index in [0.29, 0.717) is 11.5 Å². The predicted octanol–water partition coefficient (Wildman–Crippen LogP) is 4.86. The van der Waals surface area contributed by atoms with Crippen LogP contribution < -0.4 is 10.3 Å². The van der Waals surface area contributed by atoms with Gasteiger partial charge >= 0.3 is 0 Å². The number of carbonyl (C=O) groups excluding carboxylic acids is 1. The number of hydrogen-bond acceptors (Lipinski definition) is 5. The monoisotopic (exact) mass is 439 g/mol. The van der Waals surface area contributed by atoms with E-state index in [1.807, 2.05) is 23.4 Å². The second kappa shape index (κ2) is 11.8. The van der Waals surface area contributed by atoms with E-state index in [1.165, 1.54) is 70.9 Å². The Morgan fingerprint density at radius 1 is 1.12 bits per heavy atom. The minimum absolute atomic E-state index is 0.0157. The van der Waals surface area contributed by atoms with Gasteiger partial charge in [0, 0.05) is 44.5 Å². The first kappa shape index (κ1) is 23.2. The van der Waals surface area contributed by atoms with Crippen LogP contribution in [0.25, 0.3) is 0 Å². The molecule has 4 rings (SSSR count). The fourth-order valence-corrected chi connectivity index (χ4v) is 5.68. The summed E-state index contributed by atoms with van der Waals surface area (Å²) in [6.45, 7) is 6.77. The fraction of sp³-hybridized carbons (Fsp3) is 0.731. The summed E-state index contributed by atoms with van der Waals surface area (Å²) in [6.07, 6.45) is 17.6. The molecule has 0 spiro atoms. The number of hydrazone groups is 1. The molecule has 1 aliphatic carbocycles. The number of nitrogens with zero attached hydrogens (tertiary/aromatic N) is 4. The van der Waals surface area contributed by atoms with E-state index in [1.54, 1.807) is 6.20 Å². The molecule has 1 aromatic rings. The molecule has 0 aromatic carbocycles. The van der Waals surface area contributed by atoms with Gasteiger partial charge in [0.1, 0.15) is 5.82 Å². The highest BCUT2D eigenvalue weighted by atomic mass is 16.1. The zero-order valence-corrected chi connectivity index (χ0v) is 19.8. The van der Waals surface area contributed by atoms with Crippen LogP contribution in [0.2, 0.25) is 0 Å². The van der Waals surface area contributed by atoms with Crippen molar-refractivity contribution < 1.29 is 4.79 Å². The van der Waals surface area contributed by atoms with Crippen molar-refractivity contribution in [2.75, 3.05) is 31.2 Å². The molecule has 1 unspecified atom stereocenters. The van der Waals surface area contributed by atoms with Crippen LogP contribution in [0, 0.1) is 11.8 Å². The van der Waals surface area contributed by atoms with Gasteiger partial charge < -0.3 is 10.2 Å². The van der Waals surface area contributed by atoms with Crippen molar-refractivity contribution in [1.82, 2.24) is 15.2 Å². The second-order valence-corrected chi connectivity index (χ2v) is 10.0. The number of pyridine rings is 1. The zero-order chi connectivity index (χ0) is 22.2. The first-order valence-corrected chi connectivity index (χ1v) is 13.0. The molecule has 2 aliphatic heterocycles. The van der Waals surface area contributed by atoms with E-state index in [4.69, 9.17) is 0 Å². The maximum absolute atomic E-state index is 13.0. The van der Waals surface area contributed by atoms with Crippen LogP contribution in [0.4, 0.5) is 5.82 Å². The third-order valence-corrected chi connectivity index (χ3v) is 7.50. The van der Waals surface area contributed by atoms with Gasteiger partial charge in [0.2, 0.25) is 0 Å². The largest absolute Gasteiger partial charge is 0.349 e. The van der Waals surface area contributed by atoms with E-state index >= 15 is 0 Å². The number of nitrogens with one attached hydrogen (secondary N) is 1. The lowest BCUT2D eigenvalue weighted by molar-refractivity contribution is 0.0852. The average Bonchev–Trinajstić information content (AvgIpc) is 3.36. The Bertz CT molecular complexity index is 749. The fourth-order valence-electron chi connectivity index (χ4n) is 5.68. The number of amides is 1. The summed E-state index contributed by atoms with van der Waals surface area (Å²) in [4.78, 5) is 20.1. The summed E-state index contributed by atoms with van der Waals surface area (Å²) in [7, 11) is 0. The molecule has 1 amide bonds. The van der Waals surface area contributed by atoms with E-state index in [2.05, 4.69) is 27.2 Å². The minimum Gasteiger partial charge on any atom is -0.349 e. The summed E-state index contributed by atoms with van der Waals surface area (Å²) in [6, 6.07) is 4.07. The highest BCUT2D eigenvalue weighted by molar-refractivity contribution is 5.94. The number of aromatic nitrogens is 1. The van der Waals surface area contributed by atoms with Gasteiger partial charge in [-0.3, -0.25) is 4.79 Å². The van der Waals surface area contributed by atoms with Crippen molar-refractivity contribution in [1.29, 1.82) is 0 Å². The second-order valence-electron chi connectivity index (χ2n) is 10.0. The van der Waals surface area contributed by atoms with Crippen LogP contribution in [0.5, 0.6) is 0 Å². The summed E-state index contributed by atoms with van der Waals surface area (Å²) in [5.41, 5.74) is 0.648. The van der Waals surface area contributed by atoms with Crippen LogP contribution in [-0.2, 0) is 0 Å². The molecular formula is C26H41N5O. The molecule has 2 fully saturated rings. The van der Waals surface area contributed by atoms with E-state index in [0.717, 1.165) is 37.7 Å². The standard InChI is InChI=1S/C26H41N5O/c1-2-3-4-9-21-10-7-16-30(19-21)20-23-11-5-6-12-24(23)29-26(32)22-13-14-25(27-18-22)31-17-8-15-28-31/h13-15,18,21,23-24H,2-12,16-17,19-20H2,1H3,(H,29,32)/t21?,23-,24+/m0/s1. The minimum atomic E-state index is 0.0157. The Morgan fingerprint density at radius 2 is 2.03 bits per heavy atom. The Morgan fingerprint density at radius 3 is 2.81 bits per heavy atom. The highest BCUT2D eigenvalue weighted by Gasteiger charge is 2.30. The maximum Gasteiger partial charge on any atom is 0.253 e. The van der Waals surface area contributed by atoms with Crippen molar-refractivity contribution in [2.45, 2.75) is 83.6 Å². The van der Waals surface area contributed by atoms with E-state index < -0.39 is 0 Å². The third-order valence-electron chi connectivity index (χ3n) is 7.50. The smallest absolute Gasteiger partial charge is 0.253 e. The lowest BCUT2D eigenvalue weighted by atomic mass is 9.83. The quantitative estimate of drug-likeness (QED) is 0.558. The molecule has 32 heavy (non-hydrogen) atoms. The van der Waals surface area contributed by atoms with Gasteiger partial charge in [-0.25, -0.2) is 9.99 Å². The Balaban J connectivity index is 1.30. The van der Waals surface area contributed by atoms with Gasteiger partial charge in [-0.1, -0.05) is 39.0 Å². The first-order chi connectivity index (χ1) is 15.7. The molecule has 6 nitrogen and oxygen atoms in total. The van der Waals surface area contributed by atoms with E-state index in [-0.39, 0.29) is 11.9 Å². The molecule has 3 atom stereocenters. The summed E-state index contributed by atoms with van der Waals surface area (Å²) in [5.74, 6) is 2.26. The van der Waals surface area contributed by atoms with Crippen molar-refractivity contribution in [3.63, 3.8) is 0 Å². The summed E-state index contributed by atoms with van der Waals surface area (Å²) >= 11 is 0. The maximum atomic E-state index is 13.0. The molecule has 3 heterocycles. The number of carbonyl (C=O) groups is 1. The predicted molar refractivity (Wildman–Crippen MR) is 131 cm³/mol. The number of rotatable bonds is 9. The van der Waals surface area contributed by atoms with Gasteiger partial charge in [0.15, 0.2) is 0 Å². The van der Waals surface area contributed by atoms with Gasteiger partial charge in [0.05, 0.1) is 5.56 Å². The lowest BCUT2D eigenvalue weighted by Gasteiger charge is -2.39. The summed E-state index contributed by atoms with van der Waals surface area (Å²) < 4.78 is 0. The van der Waals surface area contributed by atoms with Crippen molar-refractivity contribution in [3.8, 4) is 0 Å². The molecule has 0 bridgehead atoms. The van der Waals surface area contributed by atoms with Gasteiger partial charge in [-0.2, -0.15) is 5.10 Å². The Labute approximate surface area is 193 Å². The van der Waals surface area contributed by atoms with Gasteiger partial charge in [-0.15, -0.1) is 0 Å². The zero-order valence-electron chi connectivity index (χ0n) is 19.8. The molecule has 176 valence electrons. The van der Waals surface area contributed by atoms with Crippen LogP contribution in [0.3, 0.4) is 0 Å². The third kappa shape index (κ3) is 6.31. The molecule has 6 heteroatoms. The van der Waals surface area contributed by atoms with Crippen LogP contribution in [0.15, 0.2) is 23.4 Å². The van der Waals surface area contributed by atoms with E-state index in [9.17, 15) is 4.79 Å². The van der Waals surface area contributed by atoms with Gasteiger partial charge in [-0.05, 0) is 62.6 Å². The number of likely N-dealkylation sites (tertiary alicyclic amines) is 1. The highest BCUT2D eigenvalue weighted by Crippen LogP contribution is 2.29. The molecule has 1 saturated carbocycles. The SMILES string of the molecule is CCCCCC1CCCN(C[C@@H]2CCCC[C@H]2NC(=O)c2ccc(N3CCC=N3)nc2)C1. The molecule has 1 saturated heterocycles. The molecular weight excluding hydrogens is 398 g/mol. The summed E-state index contributed by atoms with van der Waals surface area (Å²) in [5, 5.41) is 9.56. The Kier molecular flexibility index (Phi) is 8.55. The normalized spacial score (nSPS) is 26.4. The average molecular weight is 440 g/mol. The Hall–Kier alpha value is -1.95. The van der Waals surface area contributed by atoms with Crippen LogP contribution >= 0.6 is 0 Å². The van der Waals surface area contributed by atoms with Crippen molar-refractivity contribution in [2.24, 2.45) is 16.9 Å². The number of anilines is 1. The molecule has 1 aromatic heterocycles. The van der Waals surface area contributed by atoms with Crippen molar-refractivity contribution in [3.05, 3.63) is 23.9 Å². The van der Waals surface area contributed by atoms with Crippen LogP contribution in [-0.4, -0.2) is 54.2 Å². The molecule has 0 radical (unpaired) electrons. The lowest BCUT2D eigenvalue weighted by Crippen LogP contribution is -2.48. The van der Waals surface area contributed by atoms with Crippen LogP contribution in [0.1, 0.15) is 87.9 Å². The molecule has 1 N–H and O–H groups in total. The number of hydrogen-bond donors (Lipinski definition) is 1. The molecule has 3 aliphatic rings. The topological polar surface area (TPSA) is 60.8 Å². The number of unbranched alkanes of at least 4 members (excludes halogenated alkanes) is 2.